The lowest BCUT2D eigenvalue weighted by Crippen LogP contribution is -2.19. The molecular formula is C10H12N2O2S4. The summed E-state index contributed by atoms with van der Waals surface area (Å²) in [6.45, 7) is 0. The molecule has 0 aliphatic carbocycles. The predicted octanol–water partition coefficient (Wildman–Crippen LogP) is 1.47. The van der Waals surface area contributed by atoms with Crippen LogP contribution in [0.5, 0.6) is 0 Å². The SMILES string of the molecule is O=S(O)CCCSSC1(S)N=c2ccccc2=N1. The highest BCUT2D eigenvalue weighted by atomic mass is 33.1. The molecule has 1 atom stereocenters. The summed E-state index contributed by atoms with van der Waals surface area (Å²) in [6, 6.07) is 7.67. The molecule has 98 valence electrons. The van der Waals surface area contributed by atoms with Crippen LogP contribution in [-0.2, 0) is 11.1 Å². The maximum Gasteiger partial charge on any atom is 0.254 e. The van der Waals surface area contributed by atoms with Crippen LogP contribution < -0.4 is 10.7 Å². The van der Waals surface area contributed by atoms with Crippen molar-refractivity contribution in [3.63, 3.8) is 0 Å². The van der Waals surface area contributed by atoms with E-state index in [1.807, 2.05) is 24.3 Å². The van der Waals surface area contributed by atoms with Crippen molar-refractivity contribution in [2.75, 3.05) is 11.5 Å². The van der Waals surface area contributed by atoms with E-state index in [1.54, 1.807) is 10.8 Å². The Labute approximate surface area is 121 Å². The molecule has 0 amide bonds. The molecule has 0 saturated carbocycles. The van der Waals surface area contributed by atoms with Crippen molar-refractivity contribution in [1.29, 1.82) is 0 Å². The van der Waals surface area contributed by atoms with E-state index >= 15 is 0 Å². The Kier molecular flexibility index (Phi) is 5.14. The highest BCUT2D eigenvalue weighted by Crippen LogP contribution is 2.41. The van der Waals surface area contributed by atoms with Gasteiger partial charge in [-0.3, -0.25) is 0 Å². The Morgan fingerprint density at radius 3 is 2.50 bits per heavy atom. The van der Waals surface area contributed by atoms with Gasteiger partial charge in [-0.05, 0) is 29.3 Å². The molecule has 0 fully saturated rings. The molecule has 18 heavy (non-hydrogen) atoms. The molecule has 2 rings (SSSR count). The second-order valence-electron chi connectivity index (χ2n) is 3.57. The van der Waals surface area contributed by atoms with Crippen LogP contribution in [0.2, 0.25) is 0 Å². The van der Waals surface area contributed by atoms with Gasteiger partial charge >= 0.3 is 0 Å². The van der Waals surface area contributed by atoms with Gasteiger partial charge in [-0.2, -0.15) is 0 Å². The Morgan fingerprint density at radius 1 is 1.33 bits per heavy atom. The lowest BCUT2D eigenvalue weighted by molar-refractivity contribution is 0.563. The largest absolute Gasteiger partial charge is 0.306 e. The number of hydrogen-bond acceptors (Lipinski definition) is 6. The van der Waals surface area contributed by atoms with Gasteiger partial charge in [-0.15, -0.1) is 12.6 Å². The van der Waals surface area contributed by atoms with Crippen molar-refractivity contribution in [3.05, 3.63) is 35.0 Å². The summed E-state index contributed by atoms with van der Waals surface area (Å²) < 4.78 is 18.3. The first kappa shape index (κ1) is 14.4. The quantitative estimate of drug-likeness (QED) is 0.274. The maximum absolute atomic E-state index is 10.5. The fourth-order valence-electron chi connectivity index (χ4n) is 1.39. The van der Waals surface area contributed by atoms with Gasteiger partial charge < -0.3 is 4.55 Å². The fraction of sp³-hybridized carbons (Fsp3) is 0.400. The van der Waals surface area contributed by atoms with Gasteiger partial charge in [0, 0.05) is 5.75 Å². The summed E-state index contributed by atoms with van der Waals surface area (Å²) in [5.74, 6) is 1.09. The second-order valence-corrected chi connectivity index (χ2v) is 8.14. The van der Waals surface area contributed by atoms with Crippen molar-refractivity contribution in [3.8, 4) is 0 Å². The maximum atomic E-state index is 10.5. The van der Waals surface area contributed by atoms with Crippen LogP contribution in [-0.4, -0.2) is 24.6 Å². The molecule has 0 radical (unpaired) electrons. The lowest BCUT2D eigenvalue weighted by Gasteiger charge is -2.13. The minimum atomic E-state index is -1.70. The zero-order valence-electron chi connectivity index (χ0n) is 9.35. The number of hydrogen-bond donors (Lipinski definition) is 2. The molecule has 8 heteroatoms. The van der Waals surface area contributed by atoms with Crippen LogP contribution in [0.1, 0.15) is 6.42 Å². The number of nitrogens with zero attached hydrogens (tertiary/aromatic N) is 2. The highest BCUT2D eigenvalue weighted by molar-refractivity contribution is 8.78. The minimum Gasteiger partial charge on any atom is -0.306 e. The Morgan fingerprint density at radius 2 is 1.94 bits per heavy atom. The van der Waals surface area contributed by atoms with E-state index in [1.165, 1.54) is 10.8 Å². The van der Waals surface area contributed by atoms with Crippen molar-refractivity contribution in [2.45, 2.75) is 10.7 Å². The molecule has 1 unspecified atom stereocenters. The smallest absolute Gasteiger partial charge is 0.254 e. The average molecular weight is 320 g/mol. The average Bonchev–Trinajstić information content (AvgIpc) is 2.64. The number of fused-ring (bicyclic) bond motifs is 1. The third-order valence-corrected chi connectivity index (χ3v) is 6.14. The van der Waals surface area contributed by atoms with Crippen LogP contribution in [0.4, 0.5) is 0 Å². The molecule has 1 aliphatic rings. The predicted molar refractivity (Wildman–Crippen MR) is 80.8 cm³/mol. The molecule has 0 spiro atoms. The molecule has 1 N–H and O–H groups in total. The zero-order valence-corrected chi connectivity index (χ0v) is 12.7. The van der Waals surface area contributed by atoms with Gasteiger partial charge in [-0.25, -0.2) is 14.2 Å². The van der Waals surface area contributed by atoms with Crippen LogP contribution in [0.15, 0.2) is 34.3 Å². The molecular weight excluding hydrogens is 308 g/mol. The van der Waals surface area contributed by atoms with Crippen LogP contribution in [0, 0.1) is 0 Å². The first-order valence-corrected chi connectivity index (χ1v) is 9.28. The molecule has 1 aromatic rings. The minimum absolute atomic E-state index is 0.307. The van der Waals surface area contributed by atoms with E-state index in [9.17, 15) is 4.21 Å². The molecule has 1 aromatic carbocycles. The molecule has 0 aromatic heterocycles. The Bertz CT molecular complexity index is 528. The highest BCUT2D eigenvalue weighted by Gasteiger charge is 2.27. The monoisotopic (exact) mass is 320 g/mol. The summed E-state index contributed by atoms with van der Waals surface area (Å²) in [5, 5.41) is 1.72. The van der Waals surface area contributed by atoms with Gasteiger partial charge in [0.05, 0.1) is 16.5 Å². The topological polar surface area (TPSA) is 62.0 Å². The van der Waals surface area contributed by atoms with Gasteiger partial charge in [-0.1, -0.05) is 22.9 Å². The first-order valence-electron chi connectivity index (χ1n) is 5.24. The van der Waals surface area contributed by atoms with Crippen LogP contribution >= 0.6 is 34.2 Å². The van der Waals surface area contributed by atoms with Crippen molar-refractivity contribution in [2.24, 2.45) is 9.98 Å². The number of benzene rings is 1. The second kappa shape index (κ2) is 6.42. The van der Waals surface area contributed by atoms with Gasteiger partial charge in [0.25, 0.3) is 4.33 Å². The molecule has 4 nitrogen and oxygen atoms in total. The van der Waals surface area contributed by atoms with Crippen LogP contribution in [0.25, 0.3) is 0 Å². The van der Waals surface area contributed by atoms with Crippen molar-refractivity contribution < 1.29 is 8.76 Å². The molecule has 1 heterocycles. The summed E-state index contributed by atoms with van der Waals surface area (Å²) in [4.78, 5) is 8.89. The number of para-hydroxylation sites is 2. The van der Waals surface area contributed by atoms with E-state index in [0.717, 1.165) is 16.5 Å². The Balaban J connectivity index is 1.88. The van der Waals surface area contributed by atoms with E-state index in [-0.39, 0.29) is 0 Å². The lowest BCUT2D eigenvalue weighted by atomic mass is 10.3. The van der Waals surface area contributed by atoms with Gasteiger partial charge in [0.15, 0.2) is 11.1 Å². The van der Waals surface area contributed by atoms with Crippen molar-refractivity contribution in [1.82, 2.24) is 0 Å². The fourth-order valence-corrected chi connectivity index (χ4v) is 4.73. The first-order chi connectivity index (χ1) is 8.59. The van der Waals surface area contributed by atoms with E-state index in [4.69, 9.17) is 4.55 Å². The van der Waals surface area contributed by atoms with Crippen molar-refractivity contribution >= 4 is 45.3 Å². The summed E-state index contributed by atoms with van der Waals surface area (Å²) in [7, 11) is 3.03. The normalized spacial score (nSPS) is 17.7. The van der Waals surface area contributed by atoms with Gasteiger partial charge in [0.1, 0.15) is 0 Å². The summed E-state index contributed by atoms with van der Waals surface area (Å²) in [6.07, 6.45) is 0.692. The standard InChI is InChI=1S/C10H12N2O2S4/c13-18(14)7-3-6-16-17-10(15)11-8-4-1-2-5-9(8)12-10/h1-2,4-5,15H,3,6-7H2,(H,13,14). The number of rotatable bonds is 6. The number of thiol groups is 1. The van der Waals surface area contributed by atoms with Crippen LogP contribution in [0.3, 0.4) is 0 Å². The van der Waals surface area contributed by atoms with Gasteiger partial charge in [0.2, 0.25) is 0 Å². The molecule has 0 bridgehead atoms. The molecule has 1 aliphatic heterocycles. The third-order valence-electron chi connectivity index (χ3n) is 2.13. The third kappa shape index (κ3) is 3.99. The zero-order chi connectivity index (χ0) is 13.0. The van der Waals surface area contributed by atoms with E-state index in [0.29, 0.717) is 12.2 Å². The van der Waals surface area contributed by atoms with E-state index < -0.39 is 15.4 Å². The Hall–Kier alpha value is -0.0200. The summed E-state index contributed by atoms with van der Waals surface area (Å²) >= 11 is 2.77. The molecule has 0 saturated heterocycles. The summed E-state index contributed by atoms with van der Waals surface area (Å²) in [5.41, 5.74) is 0. The van der Waals surface area contributed by atoms with E-state index in [2.05, 4.69) is 22.6 Å².